The quantitative estimate of drug-likeness (QED) is 0.509. The highest BCUT2D eigenvalue weighted by molar-refractivity contribution is 7.39. The van der Waals surface area contributed by atoms with Gasteiger partial charge in [0.25, 0.3) is 0 Å². The molecule has 0 heterocycles. The molecule has 0 radical (unpaired) electrons. The summed E-state index contributed by atoms with van der Waals surface area (Å²) in [4.78, 5) is 31.1. The van der Waals surface area contributed by atoms with Gasteiger partial charge in [-0.05, 0) is 18.6 Å². The molecule has 3 atom stereocenters. The number of anilines is 1. The third kappa shape index (κ3) is 5.97. The second-order valence-corrected chi connectivity index (χ2v) is 5.99. The molecule has 0 aromatic heterocycles. The number of hydrogen-bond donors (Lipinski definition) is 4. The van der Waals surface area contributed by atoms with Gasteiger partial charge in [-0.15, -0.1) is 0 Å². The number of rotatable bonds is 9. The third-order valence-corrected chi connectivity index (χ3v) is 4.33. The highest BCUT2D eigenvalue weighted by Crippen LogP contribution is 2.32. The minimum atomic E-state index is -3.12. The molecule has 116 valence electrons. The summed E-state index contributed by atoms with van der Waals surface area (Å²) < 4.78 is 11.4. The average molecular weight is 315 g/mol. The van der Waals surface area contributed by atoms with Crippen molar-refractivity contribution in [2.24, 2.45) is 5.92 Å². The topological polar surface area (TPSA) is 124 Å². The molecule has 1 aromatic carbocycles. The Morgan fingerprint density at radius 3 is 2.29 bits per heavy atom. The molecule has 7 nitrogen and oxygen atoms in total. The molecule has 0 fully saturated rings. The number of aliphatic carboxylic acids is 2. The number of para-hydroxylation sites is 1. The maximum Gasteiger partial charge on any atom is 0.307 e. The van der Waals surface area contributed by atoms with E-state index in [9.17, 15) is 19.0 Å². The Morgan fingerprint density at radius 1 is 1.19 bits per heavy atom. The molecule has 0 aliphatic heterocycles. The normalized spacial score (nSPS) is 14.9. The fourth-order valence-electron chi connectivity index (χ4n) is 1.96. The van der Waals surface area contributed by atoms with Crippen LogP contribution in [-0.2, 0) is 14.2 Å². The van der Waals surface area contributed by atoms with E-state index >= 15 is 0 Å². The highest BCUT2D eigenvalue weighted by Gasteiger charge is 2.32. The van der Waals surface area contributed by atoms with E-state index in [1.165, 1.54) is 0 Å². The van der Waals surface area contributed by atoms with Gasteiger partial charge in [-0.25, -0.2) is 0 Å². The van der Waals surface area contributed by atoms with Gasteiger partial charge in [0.1, 0.15) is 0 Å². The maximum absolute atomic E-state index is 11.4. The summed E-state index contributed by atoms with van der Waals surface area (Å²) in [7, 11) is -3.12. The van der Waals surface area contributed by atoms with Crippen LogP contribution in [0.4, 0.5) is 5.69 Å². The Labute approximate surface area is 122 Å². The Kier molecular flexibility index (Phi) is 6.91. The zero-order valence-corrected chi connectivity index (χ0v) is 12.2. The molecular weight excluding hydrogens is 297 g/mol. The van der Waals surface area contributed by atoms with Gasteiger partial charge in [-0.2, -0.15) is 0 Å². The summed E-state index contributed by atoms with van der Waals surface area (Å²) in [6, 6.07) is 8.86. The van der Waals surface area contributed by atoms with Gasteiger partial charge < -0.3 is 20.4 Å². The number of nitrogens with one attached hydrogen (secondary N) is 1. The van der Waals surface area contributed by atoms with Crippen molar-refractivity contribution in [1.29, 1.82) is 0 Å². The summed E-state index contributed by atoms with van der Waals surface area (Å²) in [5.74, 6) is -3.56. The van der Waals surface area contributed by atoms with Crippen molar-refractivity contribution in [2.75, 3.05) is 11.9 Å². The lowest BCUT2D eigenvalue weighted by Gasteiger charge is -2.22. The molecule has 0 amide bonds. The second-order valence-electron chi connectivity index (χ2n) is 4.57. The van der Waals surface area contributed by atoms with Gasteiger partial charge in [-0.1, -0.05) is 18.2 Å². The van der Waals surface area contributed by atoms with E-state index in [4.69, 9.17) is 10.2 Å². The molecule has 21 heavy (non-hydrogen) atoms. The molecule has 1 aromatic rings. The standard InChI is InChI=1S/C13H18NO6P/c15-12(16)7-6-10(13(17)18)11(21(19)20)8-14-9-4-2-1-3-5-9/h1-5,10-11,14,21H,6-8H2,(H,15,16)(H,17,18)(H,19,20). The minimum Gasteiger partial charge on any atom is -0.481 e. The Hall–Kier alpha value is -1.85. The van der Waals surface area contributed by atoms with Crippen molar-refractivity contribution in [3.05, 3.63) is 30.3 Å². The van der Waals surface area contributed by atoms with E-state index in [0.29, 0.717) is 5.69 Å². The van der Waals surface area contributed by atoms with Crippen molar-refractivity contribution in [3.63, 3.8) is 0 Å². The Bertz CT molecular complexity index is 507. The lowest BCUT2D eigenvalue weighted by atomic mass is 9.99. The zero-order chi connectivity index (χ0) is 15.8. The van der Waals surface area contributed by atoms with Crippen molar-refractivity contribution in [3.8, 4) is 0 Å². The van der Waals surface area contributed by atoms with Gasteiger partial charge in [-0.3, -0.25) is 14.2 Å². The molecule has 0 bridgehead atoms. The van der Waals surface area contributed by atoms with Crippen LogP contribution in [-0.4, -0.2) is 39.2 Å². The van der Waals surface area contributed by atoms with Crippen molar-refractivity contribution < 1.29 is 29.3 Å². The Balaban J connectivity index is 2.74. The first-order valence-electron chi connectivity index (χ1n) is 6.38. The molecule has 0 aliphatic carbocycles. The molecule has 4 N–H and O–H groups in total. The third-order valence-electron chi connectivity index (χ3n) is 3.09. The van der Waals surface area contributed by atoms with Crippen LogP contribution >= 0.6 is 8.03 Å². The number of benzene rings is 1. The van der Waals surface area contributed by atoms with E-state index in [-0.39, 0.29) is 19.4 Å². The van der Waals surface area contributed by atoms with E-state index in [0.717, 1.165) is 0 Å². The predicted molar refractivity (Wildman–Crippen MR) is 77.9 cm³/mol. The molecule has 0 saturated carbocycles. The minimum absolute atomic E-state index is 0.00506. The fourth-order valence-corrected chi connectivity index (χ4v) is 2.89. The highest BCUT2D eigenvalue weighted by atomic mass is 31.1. The van der Waals surface area contributed by atoms with Gasteiger partial charge in [0.15, 0.2) is 8.03 Å². The van der Waals surface area contributed by atoms with E-state index in [1.54, 1.807) is 24.3 Å². The molecule has 0 saturated heterocycles. The molecule has 3 unspecified atom stereocenters. The first-order chi connectivity index (χ1) is 9.91. The average Bonchev–Trinajstić information content (AvgIpc) is 2.42. The van der Waals surface area contributed by atoms with Gasteiger partial charge >= 0.3 is 11.9 Å². The number of carboxylic acid groups (broad SMARTS) is 2. The molecular formula is C13H18NO6P. The first kappa shape index (κ1) is 17.2. The molecule has 0 aliphatic rings. The first-order valence-corrected chi connectivity index (χ1v) is 7.81. The number of carboxylic acids is 2. The summed E-state index contributed by atoms with van der Waals surface area (Å²) in [6.07, 6.45) is -0.531. The molecule has 8 heteroatoms. The van der Waals surface area contributed by atoms with E-state index in [2.05, 4.69) is 5.32 Å². The predicted octanol–water partition coefficient (Wildman–Crippen LogP) is 1.50. The van der Waals surface area contributed by atoms with Crippen LogP contribution in [0.5, 0.6) is 0 Å². The SMILES string of the molecule is O=C(O)CCC(C(=O)O)C(CNc1ccccc1)[PH](=O)O. The fraction of sp³-hybridized carbons (Fsp3) is 0.385. The van der Waals surface area contributed by atoms with Crippen LogP contribution in [0.1, 0.15) is 12.8 Å². The summed E-state index contributed by atoms with van der Waals surface area (Å²) in [5.41, 5.74) is -0.319. The second kappa shape index (κ2) is 8.44. The van der Waals surface area contributed by atoms with E-state index in [1.807, 2.05) is 6.07 Å². The van der Waals surface area contributed by atoms with Crippen LogP contribution in [0, 0.1) is 5.92 Å². The van der Waals surface area contributed by atoms with Gasteiger partial charge in [0, 0.05) is 18.7 Å². The molecule has 1 rings (SSSR count). The van der Waals surface area contributed by atoms with Gasteiger partial charge in [0.05, 0.1) is 11.6 Å². The number of carbonyl (C=O) groups is 2. The lowest BCUT2D eigenvalue weighted by Crippen LogP contribution is -2.32. The Morgan fingerprint density at radius 2 is 1.81 bits per heavy atom. The molecule has 0 spiro atoms. The van der Waals surface area contributed by atoms with Crippen LogP contribution in [0.15, 0.2) is 30.3 Å². The van der Waals surface area contributed by atoms with Crippen molar-refractivity contribution in [1.82, 2.24) is 0 Å². The largest absolute Gasteiger partial charge is 0.481 e. The van der Waals surface area contributed by atoms with Crippen LogP contribution in [0.3, 0.4) is 0 Å². The maximum atomic E-state index is 11.4. The summed E-state index contributed by atoms with van der Waals surface area (Å²) in [5, 5.41) is 20.7. The van der Waals surface area contributed by atoms with Crippen LogP contribution < -0.4 is 5.32 Å². The lowest BCUT2D eigenvalue weighted by molar-refractivity contribution is -0.142. The summed E-state index contributed by atoms with van der Waals surface area (Å²) in [6.45, 7) is -0.00506. The van der Waals surface area contributed by atoms with Crippen molar-refractivity contribution >= 4 is 25.7 Å². The smallest absolute Gasteiger partial charge is 0.307 e. The summed E-state index contributed by atoms with van der Waals surface area (Å²) >= 11 is 0. The zero-order valence-electron chi connectivity index (χ0n) is 11.2. The van der Waals surface area contributed by atoms with Crippen LogP contribution in [0.2, 0.25) is 0 Å². The van der Waals surface area contributed by atoms with E-state index < -0.39 is 31.5 Å². The van der Waals surface area contributed by atoms with Crippen LogP contribution in [0.25, 0.3) is 0 Å². The van der Waals surface area contributed by atoms with Gasteiger partial charge in [0.2, 0.25) is 0 Å². The number of hydrogen-bond acceptors (Lipinski definition) is 4. The monoisotopic (exact) mass is 315 g/mol. The van der Waals surface area contributed by atoms with Crippen molar-refractivity contribution in [2.45, 2.75) is 18.5 Å².